The van der Waals surface area contributed by atoms with Gasteiger partial charge in [0.2, 0.25) is 0 Å². The SMILES string of the molecule is CC1C2CC(CC(O)(C(F)(F)F)C(F)(F)F)C(C2)C1C.CC1C2CC(COCO)C(C2)C1C. The Bertz CT molecular complexity index is 648. The maximum Gasteiger partial charge on any atom is 0.426 e. The monoisotopic (exact) mass is 488 g/mol. The zero-order valence-corrected chi connectivity index (χ0v) is 19.8. The van der Waals surface area contributed by atoms with Gasteiger partial charge < -0.3 is 14.9 Å². The summed E-state index contributed by atoms with van der Waals surface area (Å²) in [5.41, 5.74) is -4.59. The van der Waals surface area contributed by atoms with Gasteiger partial charge in [0.25, 0.3) is 5.60 Å². The fourth-order valence-corrected chi connectivity index (χ4v) is 7.59. The maximum atomic E-state index is 12.7. The van der Waals surface area contributed by atoms with E-state index in [1.54, 1.807) is 0 Å². The molecular weight excluding hydrogens is 450 g/mol. The Morgan fingerprint density at radius 1 is 0.697 bits per heavy atom. The Hall–Kier alpha value is -0.540. The number of hydrogen-bond donors (Lipinski definition) is 2. The van der Waals surface area contributed by atoms with Gasteiger partial charge in [-0.15, -0.1) is 0 Å². The number of aliphatic hydroxyl groups is 2. The molecule has 33 heavy (non-hydrogen) atoms. The number of ether oxygens (including phenoxy) is 1. The Kier molecular flexibility index (Phi) is 7.78. The van der Waals surface area contributed by atoms with Gasteiger partial charge in [-0.05, 0) is 91.3 Å². The smallest absolute Gasteiger partial charge is 0.374 e. The third kappa shape index (κ3) is 4.92. The van der Waals surface area contributed by atoms with Crippen molar-refractivity contribution in [3.05, 3.63) is 0 Å². The maximum absolute atomic E-state index is 12.7. The molecule has 0 spiro atoms. The first-order valence-corrected chi connectivity index (χ1v) is 12.2. The van der Waals surface area contributed by atoms with Crippen molar-refractivity contribution in [3.8, 4) is 0 Å². The van der Waals surface area contributed by atoms with Gasteiger partial charge in [-0.25, -0.2) is 0 Å². The molecule has 4 aliphatic carbocycles. The van der Waals surface area contributed by atoms with E-state index in [-0.39, 0.29) is 24.5 Å². The number of rotatable bonds is 5. The van der Waals surface area contributed by atoms with Crippen LogP contribution in [0.15, 0.2) is 0 Å². The lowest BCUT2D eigenvalue weighted by Crippen LogP contribution is -2.58. The van der Waals surface area contributed by atoms with Gasteiger partial charge in [0.05, 0.1) is 6.61 Å². The average Bonchev–Trinajstić information content (AvgIpc) is 3.43. The Morgan fingerprint density at radius 3 is 1.48 bits per heavy atom. The van der Waals surface area contributed by atoms with E-state index in [1.165, 1.54) is 12.8 Å². The van der Waals surface area contributed by atoms with Crippen LogP contribution in [0.4, 0.5) is 26.3 Å². The summed E-state index contributed by atoms with van der Waals surface area (Å²) in [5, 5.41) is 17.9. The standard InChI is InChI=1S/C13H18F6O.C11H20O2/c1-6-7(2)10-4-8(6)3-9(10)5-11(20,12(14,15)16)13(17,18)19;1-7-8(2)11-4-9(7)3-10(11)5-13-6-12/h6-10,20H,3-5H2,1-2H3;7-12H,3-6H2,1-2H3. The molecule has 0 aromatic carbocycles. The van der Waals surface area contributed by atoms with Gasteiger partial charge >= 0.3 is 12.4 Å². The van der Waals surface area contributed by atoms with Crippen molar-refractivity contribution in [2.24, 2.45) is 59.2 Å². The lowest BCUT2D eigenvalue weighted by atomic mass is 9.72. The van der Waals surface area contributed by atoms with Crippen LogP contribution in [-0.2, 0) is 4.74 Å². The first-order valence-electron chi connectivity index (χ1n) is 12.2. The molecule has 4 aliphatic rings. The highest BCUT2D eigenvalue weighted by atomic mass is 19.4. The first-order chi connectivity index (χ1) is 15.1. The second-order valence-corrected chi connectivity index (χ2v) is 11.3. The molecule has 4 saturated carbocycles. The van der Waals surface area contributed by atoms with E-state index in [0.717, 1.165) is 36.2 Å². The first kappa shape index (κ1) is 27.1. The van der Waals surface area contributed by atoms with E-state index in [1.807, 2.05) is 13.8 Å². The molecule has 0 heterocycles. The van der Waals surface area contributed by atoms with Gasteiger partial charge in [0.15, 0.2) is 0 Å². The molecule has 2 N–H and O–H groups in total. The van der Waals surface area contributed by atoms with E-state index in [2.05, 4.69) is 13.8 Å². The van der Waals surface area contributed by atoms with Crippen molar-refractivity contribution >= 4 is 0 Å². The molecule has 0 amide bonds. The normalized spacial score (nSPS) is 42.5. The predicted octanol–water partition coefficient (Wildman–Crippen LogP) is 6.04. The van der Waals surface area contributed by atoms with Gasteiger partial charge in [0, 0.05) is 0 Å². The summed E-state index contributed by atoms with van der Waals surface area (Å²) in [5.74, 6) is 4.09. The highest BCUT2D eigenvalue weighted by molar-refractivity contribution is 5.03. The third-order valence-corrected chi connectivity index (χ3v) is 9.99. The molecule has 9 heteroatoms. The minimum atomic E-state index is -5.69. The van der Waals surface area contributed by atoms with Crippen LogP contribution in [-0.4, -0.2) is 41.6 Å². The Balaban J connectivity index is 0.000000203. The van der Waals surface area contributed by atoms with Crippen molar-refractivity contribution in [3.63, 3.8) is 0 Å². The second kappa shape index (κ2) is 9.49. The fraction of sp³-hybridized carbons (Fsp3) is 1.00. The number of hydrogen-bond acceptors (Lipinski definition) is 3. The van der Waals surface area contributed by atoms with Crippen molar-refractivity contribution in [1.29, 1.82) is 0 Å². The second-order valence-electron chi connectivity index (χ2n) is 11.3. The van der Waals surface area contributed by atoms with Gasteiger partial charge in [-0.2, -0.15) is 26.3 Å². The van der Waals surface area contributed by atoms with E-state index < -0.39 is 30.3 Å². The summed E-state index contributed by atoms with van der Waals surface area (Å²) >= 11 is 0. The van der Waals surface area contributed by atoms with Crippen LogP contribution >= 0.6 is 0 Å². The predicted molar refractivity (Wildman–Crippen MR) is 111 cm³/mol. The van der Waals surface area contributed by atoms with Crippen molar-refractivity contribution in [2.45, 2.75) is 77.8 Å². The summed E-state index contributed by atoms with van der Waals surface area (Å²) in [4.78, 5) is 0. The average molecular weight is 489 g/mol. The van der Waals surface area contributed by atoms with Crippen LogP contribution < -0.4 is 0 Å². The van der Waals surface area contributed by atoms with Crippen LogP contribution in [0.2, 0.25) is 0 Å². The van der Waals surface area contributed by atoms with Crippen LogP contribution in [0.3, 0.4) is 0 Å². The summed E-state index contributed by atoms with van der Waals surface area (Å²) in [6.07, 6.45) is -8.89. The quantitative estimate of drug-likeness (QED) is 0.366. The highest BCUT2D eigenvalue weighted by Gasteiger charge is 2.71. The van der Waals surface area contributed by atoms with Gasteiger partial charge in [0.1, 0.15) is 6.79 Å². The summed E-state index contributed by atoms with van der Waals surface area (Å²) < 4.78 is 81.3. The third-order valence-electron chi connectivity index (χ3n) is 9.99. The minimum Gasteiger partial charge on any atom is -0.374 e. The van der Waals surface area contributed by atoms with Crippen molar-refractivity contribution in [2.75, 3.05) is 13.4 Å². The van der Waals surface area contributed by atoms with E-state index in [9.17, 15) is 31.4 Å². The molecule has 0 saturated heterocycles. The largest absolute Gasteiger partial charge is 0.426 e. The van der Waals surface area contributed by atoms with Crippen LogP contribution in [0, 0.1) is 59.2 Å². The van der Waals surface area contributed by atoms with Crippen LogP contribution in [0.25, 0.3) is 0 Å². The number of halogens is 6. The lowest BCUT2D eigenvalue weighted by Gasteiger charge is -2.39. The van der Waals surface area contributed by atoms with E-state index in [4.69, 9.17) is 9.84 Å². The summed E-state index contributed by atoms with van der Waals surface area (Å²) in [6.45, 7) is 9.29. The molecule has 4 bridgehead atoms. The topological polar surface area (TPSA) is 49.7 Å². The van der Waals surface area contributed by atoms with Crippen LogP contribution in [0.1, 0.15) is 59.8 Å². The number of aliphatic hydroxyl groups excluding tert-OH is 1. The highest BCUT2D eigenvalue weighted by Crippen LogP contribution is 2.59. The molecule has 0 aliphatic heterocycles. The summed E-state index contributed by atoms with van der Waals surface area (Å²) in [7, 11) is 0. The van der Waals surface area contributed by atoms with Crippen molar-refractivity contribution in [1.82, 2.24) is 0 Å². The van der Waals surface area contributed by atoms with Crippen molar-refractivity contribution < 1.29 is 41.3 Å². The Morgan fingerprint density at radius 2 is 1.12 bits per heavy atom. The molecule has 0 aromatic rings. The molecule has 10 unspecified atom stereocenters. The zero-order chi connectivity index (χ0) is 24.9. The fourth-order valence-electron chi connectivity index (χ4n) is 7.59. The molecule has 0 aromatic heterocycles. The van der Waals surface area contributed by atoms with Crippen LogP contribution in [0.5, 0.6) is 0 Å². The molecule has 4 fully saturated rings. The molecule has 0 radical (unpaired) electrons. The minimum absolute atomic E-state index is 0.113. The molecular formula is C24H38F6O3. The van der Waals surface area contributed by atoms with E-state index >= 15 is 0 Å². The molecule has 3 nitrogen and oxygen atoms in total. The number of fused-ring (bicyclic) bond motifs is 4. The zero-order valence-electron chi connectivity index (χ0n) is 19.8. The molecule has 10 atom stereocenters. The van der Waals surface area contributed by atoms with Gasteiger partial charge in [-0.3, -0.25) is 0 Å². The molecule has 4 rings (SSSR count). The lowest BCUT2D eigenvalue weighted by molar-refractivity contribution is -0.373. The molecule has 194 valence electrons. The number of alkyl halides is 6. The van der Waals surface area contributed by atoms with E-state index in [0.29, 0.717) is 18.8 Å². The van der Waals surface area contributed by atoms with Gasteiger partial charge in [-0.1, -0.05) is 27.7 Å². The Labute approximate surface area is 192 Å². The summed E-state index contributed by atoms with van der Waals surface area (Å²) in [6, 6.07) is 0.